The van der Waals surface area contributed by atoms with Gasteiger partial charge in [0.05, 0.1) is 25.5 Å². The van der Waals surface area contributed by atoms with E-state index in [2.05, 4.69) is 4.98 Å². The molecular formula is C20H15ClN2O2S. The minimum absolute atomic E-state index is 0.0327. The number of hydrogen-bond acceptors (Lipinski definition) is 4. The van der Waals surface area contributed by atoms with E-state index in [0.717, 1.165) is 28.0 Å². The molecule has 6 heteroatoms. The lowest BCUT2D eigenvalue weighted by Gasteiger charge is -2.06. The van der Waals surface area contributed by atoms with Gasteiger partial charge in [-0.3, -0.25) is 9.36 Å². The molecule has 0 amide bonds. The number of hydrogen-bond donors (Lipinski definition) is 0. The number of methoxy groups -OCH3 is 1. The summed E-state index contributed by atoms with van der Waals surface area (Å²) in [6, 6.07) is 15.2. The van der Waals surface area contributed by atoms with Gasteiger partial charge in [0, 0.05) is 16.0 Å². The standard InChI is InChI=1S/C20H15ClN2O2S/c1-25-16-8-4-14(5-9-16)17-11-26-19-18(17)22-12-23(20(19)24)10-13-2-6-15(21)7-3-13/h2-9,11-12H,10H2,1H3. The molecule has 0 fully saturated rings. The number of halogens is 1. The summed E-state index contributed by atoms with van der Waals surface area (Å²) in [7, 11) is 1.64. The van der Waals surface area contributed by atoms with Gasteiger partial charge in [0.2, 0.25) is 0 Å². The highest BCUT2D eigenvalue weighted by molar-refractivity contribution is 7.17. The van der Waals surface area contributed by atoms with Crippen LogP contribution < -0.4 is 10.3 Å². The van der Waals surface area contributed by atoms with Crippen molar-refractivity contribution in [3.8, 4) is 16.9 Å². The number of nitrogens with zero attached hydrogens (tertiary/aromatic N) is 2. The van der Waals surface area contributed by atoms with Gasteiger partial charge in [-0.05, 0) is 35.4 Å². The van der Waals surface area contributed by atoms with Crippen LogP contribution in [-0.2, 0) is 6.54 Å². The van der Waals surface area contributed by atoms with E-state index in [1.54, 1.807) is 18.0 Å². The van der Waals surface area contributed by atoms with Crippen molar-refractivity contribution in [2.45, 2.75) is 6.54 Å². The highest BCUT2D eigenvalue weighted by Crippen LogP contribution is 2.31. The molecule has 0 unspecified atom stereocenters. The summed E-state index contributed by atoms with van der Waals surface area (Å²) in [5, 5.41) is 2.66. The Morgan fingerprint density at radius 1 is 1.12 bits per heavy atom. The Balaban J connectivity index is 1.72. The number of aromatic nitrogens is 2. The topological polar surface area (TPSA) is 44.1 Å². The predicted octanol–water partition coefficient (Wildman–Crippen LogP) is 4.84. The van der Waals surface area contributed by atoms with E-state index in [1.165, 1.54) is 11.3 Å². The number of ether oxygens (including phenoxy) is 1. The van der Waals surface area contributed by atoms with Crippen LogP contribution in [0.1, 0.15) is 5.56 Å². The van der Waals surface area contributed by atoms with Crippen molar-refractivity contribution < 1.29 is 4.74 Å². The quantitative estimate of drug-likeness (QED) is 0.507. The highest BCUT2D eigenvalue weighted by Gasteiger charge is 2.13. The summed E-state index contributed by atoms with van der Waals surface area (Å²) in [6.45, 7) is 0.467. The largest absolute Gasteiger partial charge is 0.497 e. The Morgan fingerprint density at radius 3 is 2.54 bits per heavy atom. The number of benzene rings is 2. The Bertz CT molecular complexity index is 1120. The maximum Gasteiger partial charge on any atom is 0.271 e. The fourth-order valence-corrected chi connectivity index (χ4v) is 3.92. The van der Waals surface area contributed by atoms with Gasteiger partial charge in [-0.1, -0.05) is 35.9 Å². The third kappa shape index (κ3) is 3.11. The molecule has 130 valence electrons. The fraction of sp³-hybridized carbons (Fsp3) is 0.100. The van der Waals surface area contributed by atoms with Crippen LogP contribution in [0.25, 0.3) is 21.3 Å². The molecule has 0 saturated heterocycles. The molecule has 0 aliphatic heterocycles. The van der Waals surface area contributed by atoms with Crippen LogP contribution in [-0.4, -0.2) is 16.7 Å². The van der Waals surface area contributed by atoms with Gasteiger partial charge >= 0.3 is 0 Å². The summed E-state index contributed by atoms with van der Waals surface area (Å²) in [4.78, 5) is 17.4. The summed E-state index contributed by atoms with van der Waals surface area (Å²) in [5.74, 6) is 0.798. The van der Waals surface area contributed by atoms with E-state index >= 15 is 0 Å². The lowest BCUT2D eigenvalue weighted by molar-refractivity contribution is 0.415. The van der Waals surface area contributed by atoms with Gasteiger partial charge in [0.15, 0.2) is 0 Å². The molecule has 2 aromatic heterocycles. The lowest BCUT2D eigenvalue weighted by Crippen LogP contribution is -2.20. The first-order chi connectivity index (χ1) is 12.7. The maximum atomic E-state index is 12.8. The Labute approximate surface area is 159 Å². The van der Waals surface area contributed by atoms with Crippen molar-refractivity contribution >= 4 is 33.2 Å². The zero-order valence-corrected chi connectivity index (χ0v) is 15.6. The maximum absolute atomic E-state index is 12.8. The van der Waals surface area contributed by atoms with Crippen molar-refractivity contribution in [1.82, 2.24) is 9.55 Å². The van der Waals surface area contributed by atoms with E-state index < -0.39 is 0 Å². The van der Waals surface area contributed by atoms with Crippen LogP contribution in [0.4, 0.5) is 0 Å². The monoisotopic (exact) mass is 382 g/mol. The lowest BCUT2D eigenvalue weighted by atomic mass is 10.1. The predicted molar refractivity (Wildman–Crippen MR) is 106 cm³/mol. The molecule has 0 aliphatic rings. The second kappa shape index (κ2) is 6.94. The minimum atomic E-state index is -0.0327. The van der Waals surface area contributed by atoms with Crippen molar-refractivity contribution in [2.75, 3.05) is 7.11 Å². The van der Waals surface area contributed by atoms with Gasteiger partial charge < -0.3 is 4.74 Å². The SMILES string of the molecule is COc1ccc(-c2csc3c(=O)n(Cc4ccc(Cl)cc4)cnc23)cc1. The molecule has 4 rings (SSSR count). The van der Waals surface area contributed by atoms with E-state index in [9.17, 15) is 4.79 Å². The van der Waals surface area contributed by atoms with Crippen LogP contribution in [0.2, 0.25) is 5.02 Å². The molecule has 0 atom stereocenters. The minimum Gasteiger partial charge on any atom is -0.497 e. The second-order valence-corrected chi connectivity index (χ2v) is 7.18. The van der Waals surface area contributed by atoms with Crippen LogP contribution in [0.5, 0.6) is 5.75 Å². The molecule has 0 N–H and O–H groups in total. The zero-order chi connectivity index (χ0) is 18.1. The first-order valence-corrected chi connectivity index (χ1v) is 9.27. The number of fused-ring (bicyclic) bond motifs is 1. The van der Waals surface area contributed by atoms with Gasteiger partial charge in [-0.15, -0.1) is 11.3 Å². The number of thiophene rings is 1. The molecule has 2 aromatic carbocycles. The molecule has 26 heavy (non-hydrogen) atoms. The van der Waals surface area contributed by atoms with Crippen molar-refractivity contribution in [1.29, 1.82) is 0 Å². The Hall–Kier alpha value is -2.63. The summed E-state index contributed by atoms with van der Waals surface area (Å²) in [6.07, 6.45) is 1.61. The molecule has 0 saturated carbocycles. The van der Waals surface area contributed by atoms with Gasteiger partial charge in [0.1, 0.15) is 10.4 Å². The number of rotatable bonds is 4. The molecule has 0 spiro atoms. The van der Waals surface area contributed by atoms with Gasteiger partial charge in [-0.2, -0.15) is 0 Å². The van der Waals surface area contributed by atoms with Crippen molar-refractivity contribution in [3.63, 3.8) is 0 Å². The molecule has 0 radical (unpaired) electrons. The third-order valence-corrected chi connectivity index (χ3v) is 5.42. The fourth-order valence-electron chi connectivity index (χ4n) is 2.82. The van der Waals surface area contributed by atoms with E-state index in [4.69, 9.17) is 16.3 Å². The van der Waals surface area contributed by atoms with Crippen LogP contribution >= 0.6 is 22.9 Å². The molecule has 4 nitrogen and oxygen atoms in total. The van der Waals surface area contributed by atoms with Gasteiger partial charge in [0.25, 0.3) is 5.56 Å². The Morgan fingerprint density at radius 2 is 1.85 bits per heavy atom. The summed E-state index contributed by atoms with van der Waals surface area (Å²) >= 11 is 7.34. The van der Waals surface area contributed by atoms with Crippen LogP contribution in [0.15, 0.2) is 65.0 Å². The Kier molecular flexibility index (Phi) is 4.49. The third-order valence-electron chi connectivity index (χ3n) is 4.21. The smallest absolute Gasteiger partial charge is 0.271 e. The van der Waals surface area contributed by atoms with E-state index in [0.29, 0.717) is 16.3 Å². The van der Waals surface area contributed by atoms with Gasteiger partial charge in [-0.25, -0.2) is 4.98 Å². The summed E-state index contributed by atoms with van der Waals surface area (Å²) in [5.41, 5.74) is 3.68. The van der Waals surface area contributed by atoms with Crippen LogP contribution in [0.3, 0.4) is 0 Å². The van der Waals surface area contributed by atoms with Crippen LogP contribution in [0, 0.1) is 0 Å². The van der Waals surface area contributed by atoms with E-state index in [1.807, 2.05) is 53.9 Å². The molecule has 0 aliphatic carbocycles. The van der Waals surface area contributed by atoms with Crippen molar-refractivity contribution in [3.05, 3.63) is 81.2 Å². The highest BCUT2D eigenvalue weighted by atomic mass is 35.5. The second-order valence-electron chi connectivity index (χ2n) is 5.86. The average Bonchev–Trinajstić information content (AvgIpc) is 3.11. The normalized spacial score (nSPS) is 11.0. The van der Waals surface area contributed by atoms with E-state index in [-0.39, 0.29) is 5.56 Å². The summed E-state index contributed by atoms with van der Waals surface area (Å²) < 4.78 is 7.48. The molecule has 4 aromatic rings. The first kappa shape index (κ1) is 16.8. The van der Waals surface area contributed by atoms with Crippen molar-refractivity contribution in [2.24, 2.45) is 0 Å². The molecule has 2 heterocycles. The molecular weight excluding hydrogens is 368 g/mol. The average molecular weight is 383 g/mol. The first-order valence-electron chi connectivity index (χ1n) is 8.01. The zero-order valence-electron chi connectivity index (χ0n) is 14.0. The molecule has 0 bridgehead atoms.